The van der Waals surface area contributed by atoms with Crippen molar-refractivity contribution in [3.8, 4) is 11.1 Å². The van der Waals surface area contributed by atoms with Gasteiger partial charge in [-0.1, -0.05) is 100 Å². The van der Waals surface area contributed by atoms with Crippen molar-refractivity contribution in [2.75, 3.05) is 0 Å². The molecule has 14 heteroatoms. The summed E-state index contributed by atoms with van der Waals surface area (Å²) in [5.74, 6) is 0. The Bertz CT molecular complexity index is 2270. The van der Waals surface area contributed by atoms with Crippen molar-refractivity contribution in [3.05, 3.63) is 140 Å². The van der Waals surface area contributed by atoms with Gasteiger partial charge in [-0.15, -0.1) is 0 Å². The highest BCUT2D eigenvalue weighted by Gasteiger charge is 2.58. The predicted molar refractivity (Wildman–Crippen MR) is 209 cm³/mol. The molecule has 2 aliphatic rings. The highest BCUT2D eigenvalue weighted by molar-refractivity contribution is 7.87. The van der Waals surface area contributed by atoms with E-state index < -0.39 is 41.8 Å². The van der Waals surface area contributed by atoms with Crippen LogP contribution in [-0.2, 0) is 55.4 Å². The molecule has 0 radical (unpaired) electrons. The van der Waals surface area contributed by atoms with Gasteiger partial charge in [0.1, 0.15) is 0 Å². The van der Waals surface area contributed by atoms with Crippen LogP contribution in [-0.4, -0.2) is 38.0 Å². The van der Waals surface area contributed by atoms with Crippen molar-refractivity contribution in [2.45, 2.75) is 75.0 Å². The third-order valence-electron chi connectivity index (χ3n) is 11.1. The Labute approximate surface area is 315 Å². The second kappa shape index (κ2) is 14.2. The Kier molecular flexibility index (Phi) is 10.2. The van der Waals surface area contributed by atoms with Crippen LogP contribution in [0, 0.1) is 11.1 Å². The average molecular weight is 769 g/mol. The van der Waals surface area contributed by atoms with Crippen molar-refractivity contribution in [1.29, 1.82) is 11.1 Å². The normalized spacial score (nSPS) is 22.4. The molecule has 6 rings (SSSR count). The van der Waals surface area contributed by atoms with E-state index in [1.165, 1.54) is 0 Å². The first-order valence-electron chi connectivity index (χ1n) is 17.8. The summed E-state index contributed by atoms with van der Waals surface area (Å²) in [6.07, 6.45) is 4.53. The van der Waals surface area contributed by atoms with E-state index >= 15 is 0 Å². The Morgan fingerprint density at radius 2 is 0.889 bits per heavy atom. The number of nitrogens with zero attached hydrogens (tertiary/aromatic N) is 2. The number of rotatable bonds is 11. The molecular formula is C40H44N6O6S2. The fraction of sp³-hybridized carbons (Fsp3) is 0.300. The van der Waals surface area contributed by atoms with Crippen LogP contribution < -0.4 is 11.5 Å². The molecule has 0 heterocycles. The molecule has 4 aromatic carbocycles. The minimum atomic E-state index is -5.01. The van der Waals surface area contributed by atoms with Crippen LogP contribution in [0.25, 0.3) is 23.3 Å². The summed E-state index contributed by atoms with van der Waals surface area (Å²) in [4.78, 5) is 0. The van der Waals surface area contributed by atoms with E-state index in [9.17, 15) is 25.9 Å². The molecule has 282 valence electrons. The van der Waals surface area contributed by atoms with Gasteiger partial charge >= 0.3 is 0 Å². The van der Waals surface area contributed by atoms with Gasteiger partial charge in [-0.05, 0) is 105 Å². The highest BCUT2D eigenvalue weighted by Crippen LogP contribution is 2.52. The summed E-state index contributed by atoms with van der Waals surface area (Å²) in [7, 11) is -10.0. The van der Waals surface area contributed by atoms with Crippen molar-refractivity contribution in [1.82, 2.24) is 0 Å². The first kappa shape index (κ1) is 39.0. The van der Waals surface area contributed by atoms with Crippen LogP contribution in [0.15, 0.2) is 94.4 Å². The predicted octanol–water partition coefficient (Wildman–Crippen LogP) is 7.29. The molecule has 0 amide bonds. The van der Waals surface area contributed by atoms with Crippen molar-refractivity contribution < 1.29 is 25.9 Å². The topological polar surface area (TPSA) is 233 Å². The van der Waals surface area contributed by atoms with Gasteiger partial charge in [-0.2, -0.15) is 27.1 Å². The second-order valence-electron chi connectivity index (χ2n) is 13.7. The lowest BCUT2D eigenvalue weighted by Crippen LogP contribution is -2.55. The molecule has 0 saturated carbocycles. The fourth-order valence-corrected chi connectivity index (χ4v) is 11.6. The largest absolute Gasteiger partial charge is 0.321 e. The molecule has 0 aromatic heterocycles. The number of hydrogen-bond donors (Lipinski definition) is 6. The molecule has 54 heavy (non-hydrogen) atoms. The molecule has 12 nitrogen and oxygen atoms in total. The molecular weight excluding hydrogens is 725 g/mol. The van der Waals surface area contributed by atoms with Crippen LogP contribution >= 0.6 is 0 Å². The summed E-state index contributed by atoms with van der Waals surface area (Å²) in [5.41, 5.74) is 35.2. The Morgan fingerprint density at radius 1 is 0.593 bits per heavy atom. The molecule has 0 aliphatic heterocycles. The Balaban J connectivity index is 1.68. The van der Waals surface area contributed by atoms with E-state index in [0.29, 0.717) is 81.3 Å². The van der Waals surface area contributed by atoms with E-state index in [4.69, 9.17) is 22.5 Å². The van der Waals surface area contributed by atoms with Crippen LogP contribution in [0.4, 0.5) is 0 Å². The molecule has 4 atom stereocenters. The van der Waals surface area contributed by atoms with Crippen molar-refractivity contribution in [2.24, 2.45) is 21.7 Å². The maximum atomic E-state index is 13.9. The molecule has 4 unspecified atom stereocenters. The van der Waals surface area contributed by atoms with Gasteiger partial charge in [0, 0.05) is 0 Å². The Hall–Kier alpha value is -4.70. The molecule has 0 spiro atoms. The van der Waals surface area contributed by atoms with Gasteiger partial charge in [0.05, 0.1) is 23.5 Å². The van der Waals surface area contributed by atoms with Gasteiger partial charge in [0.15, 0.2) is 9.49 Å². The average Bonchev–Trinajstić information content (AvgIpc) is 3.15. The number of nitrogens with two attached hydrogens (primary N) is 2. The molecule has 0 saturated heterocycles. The standard InChI is InChI=1S/C40H44N6O6S2/c1-5-23-17-29(18-24(6-2)35(23)39(53(47,48)49)31-15-11-9-13-27(31)21-33(45-43)37(39)41)30-19-25(7-3)36(26(8-4)20-30)40(54(50,51)52)32-16-12-10-14-28(32)22-34(46-44)38(40)42/h9-22,37-38,43-44H,5-8,41-42H2,1-4H3,(H,47,48,49)(H,50,51,52). The third kappa shape index (κ3) is 5.54. The van der Waals surface area contributed by atoms with Gasteiger partial charge in [0.25, 0.3) is 20.2 Å². The first-order valence-corrected chi connectivity index (χ1v) is 20.6. The Morgan fingerprint density at radius 3 is 1.15 bits per heavy atom. The van der Waals surface area contributed by atoms with Gasteiger partial charge < -0.3 is 11.5 Å². The van der Waals surface area contributed by atoms with E-state index in [1.54, 1.807) is 60.7 Å². The lowest BCUT2D eigenvalue weighted by molar-refractivity contribution is 0.421. The van der Waals surface area contributed by atoms with Gasteiger partial charge in [0.2, 0.25) is 0 Å². The lowest BCUT2D eigenvalue weighted by Gasteiger charge is -2.43. The quantitative estimate of drug-likeness (QED) is 0.0668. The SMILES string of the molecule is CCc1cc(-c2cc(CC)c(C3(S(=O)(=O)O)c4ccccc4C=C(N=N)C3N)c(CC)c2)cc(CC)c1C1(S(=O)(=O)O)c2ccccc2C=C(N=N)C1N. The number of benzene rings is 4. The molecule has 0 fully saturated rings. The molecule has 2 aliphatic carbocycles. The van der Waals surface area contributed by atoms with Crippen LogP contribution in [0.3, 0.4) is 0 Å². The highest BCUT2D eigenvalue weighted by atomic mass is 32.2. The monoisotopic (exact) mass is 768 g/mol. The van der Waals surface area contributed by atoms with E-state index in [1.807, 2.05) is 52.0 Å². The van der Waals surface area contributed by atoms with Gasteiger partial charge in [-0.25, -0.2) is 11.1 Å². The maximum Gasteiger partial charge on any atom is 0.281 e. The second-order valence-corrected chi connectivity index (χ2v) is 16.9. The zero-order valence-electron chi connectivity index (χ0n) is 30.5. The smallest absolute Gasteiger partial charge is 0.281 e. The van der Waals surface area contributed by atoms with E-state index in [2.05, 4.69) is 10.2 Å². The van der Waals surface area contributed by atoms with Crippen LogP contribution in [0.1, 0.15) is 83.3 Å². The van der Waals surface area contributed by atoms with Gasteiger partial charge in [-0.3, -0.25) is 9.11 Å². The molecule has 4 aromatic rings. The van der Waals surface area contributed by atoms with Crippen LogP contribution in [0.5, 0.6) is 0 Å². The summed E-state index contributed by atoms with van der Waals surface area (Å²) < 4.78 is 73.8. The summed E-state index contributed by atoms with van der Waals surface area (Å²) in [6.45, 7) is 7.52. The fourth-order valence-electron chi connectivity index (χ4n) is 8.75. The zero-order valence-corrected chi connectivity index (χ0v) is 32.1. The van der Waals surface area contributed by atoms with Crippen LogP contribution in [0.2, 0.25) is 0 Å². The minimum Gasteiger partial charge on any atom is -0.321 e. The third-order valence-corrected chi connectivity index (χ3v) is 14.1. The first-order chi connectivity index (χ1) is 25.6. The van der Waals surface area contributed by atoms with Crippen molar-refractivity contribution in [3.63, 3.8) is 0 Å². The van der Waals surface area contributed by atoms with E-state index in [-0.39, 0.29) is 22.5 Å². The summed E-state index contributed by atoms with van der Waals surface area (Å²) in [6, 6.07) is 18.1. The molecule has 8 N–H and O–H groups in total. The van der Waals surface area contributed by atoms with E-state index in [0.717, 1.165) is 0 Å². The van der Waals surface area contributed by atoms with Crippen molar-refractivity contribution >= 4 is 32.4 Å². The summed E-state index contributed by atoms with van der Waals surface area (Å²) >= 11 is 0. The number of fused-ring (bicyclic) bond motifs is 2. The number of hydrogen-bond acceptors (Lipinski definition) is 10. The minimum absolute atomic E-state index is 0.00162. The lowest BCUT2D eigenvalue weighted by atomic mass is 9.71. The maximum absolute atomic E-state index is 13.9. The number of aryl methyl sites for hydroxylation is 4. The molecule has 0 bridgehead atoms. The zero-order chi connectivity index (χ0) is 39.4. The number of nitrogens with one attached hydrogen (secondary N) is 2. The summed E-state index contributed by atoms with van der Waals surface area (Å²) in [5, 5.41) is 7.19.